The van der Waals surface area contributed by atoms with Gasteiger partial charge in [-0.2, -0.15) is 0 Å². The standard InChI is InChI=1S/C27H44O10/c1-6-27(4,37-26-24(33)23(32)22(31)21(16-29)36-26)12-8-11-19(15-28)10-7-9-17(2)13-20(30)14-18(3)25(34)35-5/h6,9,11,14,20-24,26,28-33H,1,7-8,10,12-13,15-16H2,2-5H3/b17-9+,18-14+,19-11+/t20?,21-,22-,23+,24-,26+,27-/m1/s1. The van der Waals surface area contributed by atoms with Crippen molar-refractivity contribution in [2.45, 2.75) is 95.3 Å². The first kappa shape index (κ1) is 33.1. The van der Waals surface area contributed by atoms with Crippen LogP contribution in [0.1, 0.15) is 52.9 Å². The monoisotopic (exact) mass is 528 g/mol. The minimum absolute atomic E-state index is 0.116. The number of carbonyl (C=O) groups excluding carboxylic acids is 1. The van der Waals surface area contributed by atoms with E-state index in [1.165, 1.54) is 13.2 Å². The number of hydrogen-bond acceptors (Lipinski definition) is 10. The molecule has 1 rings (SSSR count). The zero-order chi connectivity index (χ0) is 28.2. The van der Waals surface area contributed by atoms with Crippen LogP contribution >= 0.6 is 0 Å². The zero-order valence-electron chi connectivity index (χ0n) is 22.2. The Morgan fingerprint density at radius 3 is 2.35 bits per heavy atom. The van der Waals surface area contributed by atoms with Gasteiger partial charge in [-0.15, -0.1) is 6.58 Å². The molecule has 10 nitrogen and oxygen atoms in total. The summed E-state index contributed by atoms with van der Waals surface area (Å²) in [4.78, 5) is 11.4. The summed E-state index contributed by atoms with van der Waals surface area (Å²) in [6.07, 6.45) is 1.85. The van der Waals surface area contributed by atoms with Crippen LogP contribution < -0.4 is 0 Å². The van der Waals surface area contributed by atoms with Gasteiger partial charge in [-0.25, -0.2) is 4.79 Å². The van der Waals surface area contributed by atoms with Crippen LogP contribution in [0.25, 0.3) is 0 Å². The van der Waals surface area contributed by atoms with Crippen molar-refractivity contribution in [3.8, 4) is 0 Å². The molecule has 7 atom stereocenters. The third kappa shape index (κ3) is 10.8. The van der Waals surface area contributed by atoms with E-state index in [1.54, 1.807) is 19.9 Å². The molecule has 1 fully saturated rings. The Bertz CT molecular complexity index is 818. The maximum atomic E-state index is 11.4. The molecule has 1 unspecified atom stereocenters. The summed E-state index contributed by atoms with van der Waals surface area (Å²) < 4.78 is 15.9. The highest BCUT2D eigenvalue weighted by atomic mass is 16.7. The molecule has 37 heavy (non-hydrogen) atoms. The summed E-state index contributed by atoms with van der Waals surface area (Å²) in [6.45, 7) is 8.33. The number of rotatable bonds is 15. The fourth-order valence-electron chi connectivity index (χ4n) is 3.94. The summed E-state index contributed by atoms with van der Waals surface area (Å²) in [5, 5.41) is 59.4. The number of allylic oxidation sites excluding steroid dienone is 2. The van der Waals surface area contributed by atoms with E-state index in [0.29, 0.717) is 37.7 Å². The molecule has 0 aromatic heterocycles. The van der Waals surface area contributed by atoms with Gasteiger partial charge in [-0.05, 0) is 64.5 Å². The van der Waals surface area contributed by atoms with Crippen molar-refractivity contribution in [3.05, 3.63) is 47.6 Å². The smallest absolute Gasteiger partial charge is 0.333 e. The molecule has 0 spiro atoms. The Morgan fingerprint density at radius 2 is 1.78 bits per heavy atom. The molecule has 0 aliphatic carbocycles. The first-order chi connectivity index (χ1) is 17.4. The summed E-state index contributed by atoms with van der Waals surface area (Å²) in [7, 11) is 1.29. The Labute approximate surface area is 219 Å². The highest BCUT2D eigenvalue weighted by Crippen LogP contribution is 2.29. The third-order valence-corrected chi connectivity index (χ3v) is 6.38. The maximum absolute atomic E-state index is 11.4. The van der Waals surface area contributed by atoms with Crippen LogP contribution in [0.5, 0.6) is 0 Å². The largest absolute Gasteiger partial charge is 0.466 e. The number of aliphatic hydroxyl groups excluding tert-OH is 6. The molecule has 1 aliphatic heterocycles. The van der Waals surface area contributed by atoms with Crippen molar-refractivity contribution >= 4 is 5.97 Å². The van der Waals surface area contributed by atoms with Crippen LogP contribution in [0.2, 0.25) is 0 Å². The zero-order valence-corrected chi connectivity index (χ0v) is 22.2. The lowest BCUT2D eigenvalue weighted by Gasteiger charge is -2.42. The van der Waals surface area contributed by atoms with Gasteiger partial charge in [0.05, 0.1) is 32.0 Å². The molecule has 0 amide bonds. The Kier molecular flexibility index (Phi) is 14.5. The third-order valence-electron chi connectivity index (χ3n) is 6.38. The van der Waals surface area contributed by atoms with Crippen LogP contribution in [0.3, 0.4) is 0 Å². The van der Waals surface area contributed by atoms with Crippen molar-refractivity contribution in [1.29, 1.82) is 0 Å². The lowest BCUT2D eigenvalue weighted by Crippen LogP contribution is -2.60. The van der Waals surface area contributed by atoms with Gasteiger partial charge in [0.1, 0.15) is 24.4 Å². The molecule has 0 bridgehead atoms. The number of ether oxygens (including phenoxy) is 3. The summed E-state index contributed by atoms with van der Waals surface area (Å²) >= 11 is 0. The molecule has 1 aliphatic rings. The van der Waals surface area contributed by atoms with Gasteiger partial charge >= 0.3 is 5.97 Å². The molecule has 1 heterocycles. The second kappa shape index (κ2) is 16.2. The first-order valence-electron chi connectivity index (χ1n) is 12.4. The van der Waals surface area contributed by atoms with Crippen molar-refractivity contribution in [2.24, 2.45) is 0 Å². The quantitative estimate of drug-likeness (QED) is 0.103. The predicted molar refractivity (Wildman–Crippen MR) is 137 cm³/mol. The number of hydrogen-bond donors (Lipinski definition) is 6. The van der Waals surface area contributed by atoms with E-state index < -0.39 is 55.0 Å². The molecule has 0 saturated carbocycles. The summed E-state index contributed by atoms with van der Waals surface area (Å²) in [6, 6.07) is 0. The minimum Gasteiger partial charge on any atom is -0.466 e. The van der Waals surface area contributed by atoms with Crippen molar-refractivity contribution in [3.63, 3.8) is 0 Å². The second-order valence-electron chi connectivity index (χ2n) is 9.59. The van der Waals surface area contributed by atoms with E-state index >= 15 is 0 Å². The lowest BCUT2D eigenvalue weighted by atomic mass is 9.96. The van der Waals surface area contributed by atoms with Gasteiger partial charge in [-0.1, -0.05) is 23.8 Å². The molecule has 0 radical (unpaired) electrons. The van der Waals surface area contributed by atoms with Crippen molar-refractivity contribution in [1.82, 2.24) is 0 Å². The normalized spacial score (nSPS) is 27.9. The van der Waals surface area contributed by atoms with E-state index in [0.717, 1.165) is 11.1 Å². The second-order valence-corrected chi connectivity index (χ2v) is 9.59. The van der Waals surface area contributed by atoms with Crippen molar-refractivity contribution in [2.75, 3.05) is 20.3 Å². The number of methoxy groups -OCH3 is 1. The topological polar surface area (TPSA) is 166 Å². The van der Waals surface area contributed by atoms with Gasteiger partial charge in [0.25, 0.3) is 0 Å². The highest BCUT2D eigenvalue weighted by Gasteiger charge is 2.45. The van der Waals surface area contributed by atoms with Crippen LogP contribution in [-0.4, -0.2) is 99.3 Å². The Balaban J connectivity index is 2.64. The Morgan fingerprint density at radius 1 is 1.11 bits per heavy atom. The lowest BCUT2D eigenvalue weighted by molar-refractivity contribution is -0.319. The molecule has 10 heteroatoms. The van der Waals surface area contributed by atoms with Gasteiger partial charge in [0.15, 0.2) is 6.29 Å². The maximum Gasteiger partial charge on any atom is 0.333 e. The van der Waals surface area contributed by atoms with Gasteiger partial charge in [0, 0.05) is 5.57 Å². The van der Waals surface area contributed by atoms with E-state index in [4.69, 9.17) is 9.47 Å². The van der Waals surface area contributed by atoms with Crippen LogP contribution in [0, 0.1) is 0 Å². The SMILES string of the molecule is C=C[C@](C)(CC/C=C(/CO)CC/C=C(\C)CC(O)/C=C(\C)C(=O)OC)O[C@@H]1O[C@H](CO)[C@@H](O)[C@H](O)[C@H]1O. The van der Waals surface area contributed by atoms with Gasteiger partial charge < -0.3 is 44.8 Å². The molecule has 0 aromatic rings. The minimum atomic E-state index is -1.53. The summed E-state index contributed by atoms with van der Waals surface area (Å²) in [5.74, 6) is -0.482. The van der Waals surface area contributed by atoms with E-state index in [-0.39, 0.29) is 6.61 Å². The van der Waals surface area contributed by atoms with Gasteiger partial charge in [0.2, 0.25) is 0 Å². The van der Waals surface area contributed by atoms with E-state index in [1.807, 2.05) is 19.1 Å². The van der Waals surface area contributed by atoms with Crippen LogP contribution in [0.15, 0.2) is 47.6 Å². The predicted octanol–water partition coefficient (Wildman–Crippen LogP) is 1.04. The molecule has 212 valence electrons. The Hall–Kier alpha value is -1.89. The van der Waals surface area contributed by atoms with Crippen LogP contribution in [-0.2, 0) is 19.0 Å². The fraction of sp³-hybridized carbons (Fsp3) is 0.667. The molecule has 1 saturated heterocycles. The number of carbonyl (C=O) groups is 1. The number of esters is 1. The summed E-state index contributed by atoms with van der Waals surface area (Å²) in [5.41, 5.74) is 1.17. The molecule has 6 N–H and O–H groups in total. The van der Waals surface area contributed by atoms with Crippen molar-refractivity contribution < 1.29 is 49.6 Å². The van der Waals surface area contributed by atoms with Gasteiger partial charge in [-0.3, -0.25) is 0 Å². The highest BCUT2D eigenvalue weighted by molar-refractivity contribution is 5.87. The number of aliphatic hydroxyl groups is 6. The molecular formula is C27H44O10. The van der Waals surface area contributed by atoms with E-state index in [2.05, 4.69) is 11.3 Å². The van der Waals surface area contributed by atoms with Crippen LogP contribution in [0.4, 0.5) is 0 Å². The molecular weight excluding hydrogens is 484 g/mol. The fourth-order valence-corrected chi connectivity index (χ4v) is 3.94. The van der Waals surface area contributed by atoms with E-state index in [9.17, 15) is 35.4 Å². The average Bonchev–Trinajstić information content (AvgIpc) is 2.87. The molecule has 0 aromatic carbocycles. The first-order valence-corrected chi connectivity index (χ1v) is 12.4. The average molecular weight is 529 g/mol.